The third kappa shape index (κ3) is 3.64. The molecule has 1 N–H and O–H groups in total. The highest BCUT2D eigenvalue weighted by Crippen LogP contribution is 2.38. The molecule has 0 bridgehead atoms. The average Bonchev–Trinajstić information content (AvgIpc) is 3.48. The van der Waals surface area contributed by atoms with Gasteiger partial charge in [-0.3, -0.25) is 0 Å². The summed E-state index contributed by atoms with van der Waals surface area (Å²) in [5.74, 6) is 0.743. The highest BCUT2D eigenvalue weighted by atomic mass is 16.5. The molecule has 1 aromatic rings. The maximum absolute atomic E-state index is 12.7. The number of rotatable bonds is 3. The number of benzene rings is 1. The van der Waals surface area contributed by atoms with Gasteiger partial charge in [0.1, 0.15) is 0 Å². The Hall–Kier alpha value is -1.81. The van der Waals surface area contributed by atoms with Crippen LogP contribution in [0, 0.1) is 5.92 Å². The Morgan fingerprint density at radius 3 is 2.79 bits per heavy atom. The standard InChI is InChI=1S/C20H26N2O2/c23-20(21-18-10-12-24-19(13-18)16-8-9-16)22-11-4-7-17(14-22)15-5-2-1-3-6-15/h1-3,5-7,16,18-19H,4,8-14H2,(H,21,23)/t18-,19-/m0/s1. The molecule has 1 aromatic carbocycles. The Kier molecular flexibility index (Phi) is 4.56. The van der Waals surface area contributed by atoms with E-state index in [2.05, 4.69) is 35.7 Å². The summed E-state index contributed by atoms with van der Waals surface area (Å²) >= 11 is 0. The van der Waals surface area contributed by atoms with Crippen molar-refractivity contribution in [1.29, 1.82) is 0 Å². The summed E-state index contributed by atoms with van der Waals surface area (Å²) in [6.07, 6.45) is 8.05. The monoisotopic (exact) mass is 326 g/mol. The van der Waals surface area contributed by atoms with E-state index in [4.69, 9.17) is 4.74 Å². The number of hydrogen-bond donors (Lipinski definition) is 1. The summed E-state index contributed by atoms with van der Waals surface area (Å²) in [5, 5.41) is 3.25. The minimum atomic E-state index is 0.0815. The normalized spacial score (nSPS) is 27.5. The van der Waals surface area contributed by atoms with Crippen molar-refractivity contribution in [3.05, 3.63) is 42.0 Å². The van der Waals surface area contributed by atoms with Gasteiger partial charge < -0.3 is 15.0 Å². The van der Waals surface area contributed by atoms with Crippen LogP contribution >= 0.6 is 0 Å². The van der Waals surface area contributed by atoms with Crippen LogP contribution in [0.25, 0.3) is 5.57 Å². The molecule has 2 heterocycles. The molecule has 3 aliphatic rings. The summed E-state index contributed by atoms with van der Waals surface area (Å²) in [7, 11) is 0. The number of urea groups is 1. The molecule has 2 atom stereocenters. The van der Waals surface area contributed by atoms with E-state index < -0.39 is 0 Å². The number of nitrogens with zero attached hydrogens (tertiary/aromatic N) is 1. The van der Waals surface area contributed by atoms with E-state index in [0.29, 0.717) is 12.6 Å². The Morgan fingerprint density at radius 2 is 2.00 bits per heavy atom. The lowest BCUT2D eigenvalue weighted by molar-refractivity contribution is -0.00975. The van der Waals surface area contributed by atoms with Crippen LogP contribution in [-0.4, -0.2) is 42.8 Å². The number of ether oxygens (including phenoxy) is 1. The molecule has 24 heavy (non-hydrogen) atoms. The Morgan fingerprint density at radius 1 is 1.17 bits per heavy atom. The van der Waals surface area contributed by atoms with Crippen LogP contribution in [0.1, 0.15) is 37.7 Å². The SMILES string of the molecule is O=C(N[C@H]1CCO[C@H](C2CC2)C1)N1CCC=C(c2ccccc2)C1. The summed E-state index contributed by atoms with van der Waals surface area (Å²) in [4.78, 5) is 14.6. The first-order chi connectivity index (χ1) is 11.8. The second-order valence-corrected chi connectivity index (χ2v) is 7.22. The molecule has 1 aliphatic carbocycles. The fourth-order valence-corrected chi connectivity index (χ4v) is 3.80. The summed E-state index contributed by atoms with van der Waals surface area (Å²) in [5.41, 5.74) is 2.47. The van der Waals surface area contributed by atoms with Gasteiger partial charge in [-0.2, -0.15) is 0 Å². The molecule has 0 unspecified atom stereocenters. The van der Waals surface area contributed by atoms with Gasteiger partial charge in [0.15, 0.2) is 0 Å². The van der Waals surface area contributed by atoms with Crippen molar-refractivity contribution in [2.45, 2.75) is 44.2 Å². The van der Waals surface area contributed by atoms with Gasteiger partial charge >= 0.3 is 6.03 Å². The predicted molar refractivity (Wildman–Crippen MR) is 94.6 cm³/mol. The lowest BCUT2D eigenvalue weighted by atomic mass is 10.00. The number of amides is 2. The molecule has 4 nitrogen and oxygen atoms in total. The highest BCUT2D eigenvalue weighted by molar-refractivity contribution is 5.79. The van der Waals surface area contributed by atoms with Crippen LogP contribution in [0.5, 0.6) is 0 Å². The van der Waals surface area contributed by atoms with Crippen LogP contribution in [0.2, 0.25) is 0 Å². The lowest BCUT2D eigenvalue weighted by Crippen LogP contribution is -2.49. The molecule has 0 radical (unpaired) electrons. The van der Waals surface area contributed by atoms with E-state index in [1.54, 1.807) is 0 Å². The van der Waals surface area contributed by atoms with Crippen molar-refractivity contribution in [2.24, 2.45) is 5.92 Å². The second-order valence-electron chi connectivity index (χ2n) is 7.22. The van der Waals surface area contributed by atoms with Crippen LogP contribution in [-0.2, 0) is 4.74 Å². The zero-order chi connectivity index (χ0) is 16.4. The van der Waals surface area contributed by atoms with Crippen molar-refractivity contribution in [2.75, 3.05) is 19.7 Å². The molecule has 2 amide bonds. The molecule has 2 aliphatic heterocycles. The van der Waals surface area contributed by atoms with Crippen molar-refractivity contribution in [3.8, 4) is 0 Å². The topological polar surface area (TPSA) is 41.6 Å². The molecule has 4 heteroatoms. The van der Waals surface area contributed by atoms with Gasteiger partial charge in [0.05, 0.1) is 6.10 Å². The van der Waals surface area contributed by atoms with Crippen LogP contribution in [0.4, 0.5) is 4.79 Å². The molecule has 0 aromatic heterocycles. The van der Waals surface area contributed by atoms with E-state index >= 15 is 0 Å². The van der Waals surface area contributed by atoms with Crippen LogP contribution < -0.4 is 5.32 Å². The van der Waals surface area contributed by atoms with Crippen molar-refractivity contribution in [1.82, 2.24) is 10.2 Å². The largest absolute Gasteiger partial charge is 0.378 e. The van der Waals surface area contributed by atoms with E-state index in [9.17, 15) is 4.79 Å². The van der Waals surface area contributed by atoms with Gasteiger partial charge in [-0.05, 0) is 49.2 Å². The lowest BCUT2D eigenvalue weighted by Gasteiger charge is -2.33. The molecule has 1 saturated carbocycles. The van der Waals surface area contributed by atoms with Crippen molar-refractivity contribution < 1.29 is 9.53 Å². The van der Waals surface area contributed by atoms with E-state index in [0.717, 1.165) is 38.3 Å². The van der Waals surface area contributed by atoms with E-state index in [-0.39, 0.29) is 12.1 Å². The first-order valence-electron chi connectivity index (χ1n) is 9.21. The first kappa shape index (κ1) is 15.7. The number of carbonyl (C=O) groups excluding carboxylic acids is 1. The molecule has 2 fully saturated rings. The van der Waals surface area contributed by atoms with Gasteiger partial charge in [0.25, 0.3) is 0 Å². The Bertz CT molecular complexity index is 609. The molecule has 4 rings (SSSR count). The fraction of sp³-hybridized carbons (Fsp3) is 0.550. The van der Waals surface area contributed by atoms with Gasteiger partial charge in [-0.25, -0.2) is 4.79 Å². The summed E-state index contributed by atoms with van der Waals surface area (Å²) in [6, 6.07) is 10.7. The van der Waals surface area contributed by atoms with Crippen LogP contribution in [0.15, 0.2) is 36.4 Å². The zero-order valence-corrected chi connectivity index (χ0v) is 14.1. The average molecular weight is 326 g/mol. The molecule has 1 saturated heterocycles. The summed E-state index contributed by atoms with van der Waals surface area (Å²) < 4.78 is 5.86. The minimum Gasteiger partial charge on any atom is -0.378 e. The molecule has 0 spiro atoms. The quantitative estimate of drug-likeness (QED) is 0.924. The molecular weight excluding hydrogens is 300 g/mol. The van der Waals surface area contributed by atoms with E-state index in [1.807, 2.05) is 11.0 Å². The smallest absolute Gasteiger partial charge is 0.317 e. The number of hydrogen-bond acceptors (Lipinski definition) is 2. The van der Waals surface area contributed by atoms with Gasteiger partial charge in [0.2, 0.25) is 0 Å². The van der Waals surface area contributed by atoms with Crippen molar-refractivity contribution >= 4 is 11.6 Å². The number of nitrogens with one attached hydrogen (secondary N) is 1. The molecular formula is C20H26N2O2. The number of carbonyl (C=O) groups is 1. The second kappa shape index (κ2) is 6.98. The fourth-order valence-electron chi connectivity index (χ4n) is 3.80. The summed E-state index contributed by atoms with van der Waals surface area (Å²) in [6.45, 7) is 2.28. The van der Waals surface area contributed by atoms with Gasteiger partial charge in [0, 0.05) is 25.7 Å². The van der Waals surface area contributed by atoms with Gasteiger partial charge in [-0.15, -0.1) is 0 Å². The highest BCUT2D eigenvalue weighted by Gasteiger charge is 2.36. The molecule has 128 valence electrons. The first-order valence-corrected chi connectivity index (χ1v) is 9.21. The zero-order valence-electron chi connectivity index (χ0n) is 14.1. The Balaban J connectivity index is 1.34. The van der Waals surface area contributed by atoms with Crippen molar-refractivity contribution in [3.63, 3.8) is 0 Å². The third-order valence-corrected chi connectivity index (χ3v) is 5.37. The minimum absolute atomic E-state index is 0.0815. The maximum atomic E-state index is 12.7. The van der Waals surface area contributed by atoms with Crippen LogP contribution in [0.3, 0.4) is 0 Å². The van der Waals surface area contributed by atoms with Gasteiger partial charge in [-0.1, -0.05) is 36.4 Å². The third-order valence-electron chi connectivity index (χ3n) is 5.37. The van der Waals surface area contributed by atoms with E-state index in [1.165, 1.54) is 24.0 Å². The Labute approximate surface area is 143 Å². The maximum Gasteiger partial charge on any atom is 0.317 e. The predicted octanol–water partition coefficient (Wildman–Crippen LogP) is 3.44.